The number of nitrogens with one attached hydrogen (secondary N) is 1. The Kier molecular flexibility index (Phi) is 7.14. The van der Waals surface area contributed by atoms with E-state index >= 15 is 0 Å². The van der Waals surface area contributed by atoms with E-state index in [0.29, 0.717) is 16.9 Å². The summed E-state index contributed by atoms with van der Waals surface area (Å²) in [5.74, 6) is -0.128. The number of likely N-dealkylation sites (tertiary alicyclic amines) is 1. The van der Waals surface area contributed by atoms with Gasteiger partial charge in [-0.2, -0.15) is 0 Å². The molecule has 0 bridgehead atoms. The molecule has 1 saturated heterocycles. The van der Waals surface area contributed by atoms with Gasteiger partial charge in [0.05, 0.1) is 37.4 Å². The first-order valence-electron chi connectivity index (χ1n) is 13.3. The van der Waals surface area contributed by atoms with Crippen molar-refractivity contribution in [1.82, 2.24) is 4.90 Å². The zero-order valence-electron chi connectivity index (χ0n) is 21.4. The molecule has 3 aromatic rings. The topological polar surface area (TPSA) is 119 Å². The first-order valence-corrected chi connectivity index (χ1v) is 14.6. The average molecular weight is 579 g/mol. The van der Waals surface area contributed by atoms with Crippen LogP contribution in [0.15, 0.2) is 71.6 Å². The van der Waals surface area contributed by atoms with Crippen molar-refractivity contribution in [2.75, 3.05) is 18.4 Å². The molecule has 1 saturated carbocycles. The van der Waals surface area contributed by atoms with Gasteiger partial charge in [0, 0.05) is 42.5 Å². The quantitative estimate of drug-likeness (QED) is 0.194. The number of carbonyl (C=O) groups is 1. The van der Waals surface area contributed by atoms with E-state index in [4.69, 9.17) is 11.6 Å². The van der Waals surface area contributed by atoms with E-state index in [-0.39, 0.29) is 50.7 Å². The van der Waals surface area contributed by atoms with Crippen LogP contribution in [0.4, 0.5) is 17.1 Å². The van der Waals surface area contributed by atoms with Gasteiger partial charge in [-0.3, -0.25) is 25.0 Å². The largest absolute Gasteiger partial charge is 0.377 e. The van der Waals surface area contributed by atoms with Gasteiger partial charge in [0.15, 0.2) is 0 Å². The molecule has 206 valence electrons. The van der Waals surface area contributed by atoms with Gasteiger partial charge in [-0.25, -0.2) is 0 Å². The van der Waals surface area contributed by atoms with Crippen LogP contribution in [0.25, 0.3) is 0 Å². The minimum absolute atomic E-state index is 0.00729. The van der Waals surface area contributed by atoms with E-state index in [0.717, 1.165) is 42.7 Å². The predicted molar refractivity (Wildman–Crippen MR) is 154 cm³/mol. The molecule has 3 aliphatic rings. The lowest BCUT2D eigenvalue weighted by Crippen LogP contribution is -2.34. The third-order valence-corrected chi connectivity index (χ3v) is 10.4. The van der Waals surface area contributed by atoms with E-state index in [1.165, 1.54) is 30.0 Å². The molecule has 1 amide bonds. The number of benzene rings is 3. The number of halogens is 1. The average Bonchev–Trinajstić information content (AvgIpc) is 3.61. The predicted octanol–water partition coefficient (Wildman–Crippen LogP) is 6.78. The summed E-state index contributed by atoms with van der Waals surface area (Å²) in [7, 11) is 0. The van der Waals surface area contributed by atoms with Gasteiger partial charge in [-0.05, 0) is 48.4 Å². The van der Waals surface area contributed by atoms with E-state index in [9.17, 15) is 25.0 Å². The molecule has 9 nitrogen and oxygen atoms in total. The highest BCUT2D eigenvalue weighted by molar-refractivity contribution is 8.00. The number of anilines is 1. The molecule has 0 aromatic heterocycles. The second-order valence-corrected chi connectivity index (χ2v) is 12.3. The van der Waals surface area contributed by atoms with Crippen LogP contribution in [0.3, 0.4) is 0 Å². The van der Waals surface area contributed by atoms with E-state index in [2.05, 4.69) is 5.32 Å². The molecule has 0 radical (unpaired) electrons. The summed E-state index contributed by atoms with van der Waals surface area (Å²) >= 11 is 8.66. The second kappa shape index (κ2) is 10.7. The summed E-state index contributed by atoms with van der Waals surface area (Å²) in [6.07, 6.45) is 2.64. The van der Waals surface area contributed by atoms with E-state index < -0.39 is 4.92 Å². The fourth-order valence-electron chi connectivity index (χ4n) is 6.42. The van der Waals surface area contributed by atoms with Crippen LogP contribution < -0.4 is 5.32 Å². The Labute approximate surface area is 240 Å². The zero-order chi connectivity index (χ0) is 28.0. The van der Waals surface area contributed by atoms with Crippen molar-refractivity contribution >= 4 is 46.3 Å². The van der Waals surface area contributed by atoms with Crippen molar-refractivity contribution in [3.8, 4) is 0 Å². The van der Waals surface area contributed by atoms with Crippen LogP contribution in [0, 0.1) is 26.1 Å². The van der Waals surface area contributed by atoms with Crippen LogP contribution in [0.1, 0.15) is 52.7 Å². The number of fused-ring (bicyclic) bond motifs is 3. The highest BCUT2D eigenvalue weighted by Gasteiger charge is 2.51. The van der Waals surface area contributed by atoms with Crippen molar-refractivity contribution in [3.63, 3.8) is 0 Å². The molecule has 5 atom stereocenters. The molecule has 0 unspecified atom stereocenters. The number of thioether (sulfide) groups is 1. The Morgan fingerprint density at radius 2 is 1.68 bits per heavy atom. The number of amides is 1. The smallest absolute Gasteiger partial charge is 0.282 e. The first kappa shape index (κ1) is 26.6. The van der Waals surface area contributed by atoms with Crippen molar-refractivity contribution in [1.29, 1.82) is 0 Å². The van der Waals surface area contributed by atoms with Crippen LogP contribution >= 0.6 is 23.4 Å². The number of carbonyl (C=O) groups excluding carboxylic acids is 1. The maximum absolute atomic E-state index is 13.6. The third kappa shape index (κ3) is 4.69. The summed E-state index contributed by atoms with van der Waals surface area (Å²) in [6.45, 7) is 1.46. The third-order valence-electron chi connectivity index (χ3n) is 8.27. The number of nitro groups is 2. The maximum atomic E-state index is 13.6. The van der Waals surface area contributed by atoms with Crippen LogP contribution in [0.5, 0.6) is 0 Å². The van der Waals surface area contributed by atoms with Gasteiger partial charge in [-0.1, -0.05) is 36.4 Å². The molecule has 1 N–H and O–H groups in total. The number of alkyl halides is 1. The fourth-order valence-corrected chi connectivity index (χ4v) is 8.36. The molecule has 11 heteroatoms. The zero-order valence-corrected chi connectivity index (χ0v) is 23.0. The number of hydrogen-bond donors (Lipinski definition) is 1. The molecule has 40 heavy (non-hydrogen) atoms. The lowest BCUT2D eigenvalue weighted by Gasteiger charge is -2.39. The summed E-state index contributed by atoms with van der Waals surface area (Å²) < 4.78 is 0. The van der Waals surface area contributed by atoms with Crippen LogP contribution in [-0.2, 0) is 0 Å². The van der Waals surface area contributed by atoms with E-state index in [1.807, 2.05) is 23.1 Å². The Hall–Kier alpha value is -3.63. The highest BCUT2D eigenvalue weighted by Crippen LogP contribution is 2.58. The molecular weight excluding hydrogens is 552 g/mol. The molecule has 3 aromatic carbocycles. The normalized spacial score (nSPS) is 25.1. The number of nitro benzene ring substituents is 2. The number of para-hydroxylation sites is 2. The Bertz CT molecular complexity index is 1480. The summed E-state index contributed by atoms with van der Waals surface area (Å²) in [5, 5.41) is 26.1. The van der Waals surface area contributed by atoms with Crippen molar-refractivity contribution in [2.24, 2.45) is 5.92 Å². The highest BCUT2D eigenvalue weighted by atomic mass is 35.5. The second-order valence-electron chi connectivity index (χ2n) is 10.5. The van der Waals surface area contributed by atoms with Crippen LogP contribution in [-0.4, -0.2) is 44.4 Å². The number of rotatable bonds is 6. The van der Waals surface area contributed by atoms with Crippen molar-refractivity contribution < 1.29 is 14.6 Å². The summed E-state index contributed by atoms with van der Waals surface area (Å²) in [5.41, 5.74) is 3.26. The van der Waals surface area contributed by atoms with Gasteiger partial charge in [-0.15, -0.1) is 23.4 Å². The lowest BCUT2D eigenvalue weighted by atomic mass is 9.76. The molecule has 1 aliphatic carbocycles. The molecule has 0 spiro atoms. The monoisotopic (exact) mass is 578 g/mol. The molecule has 2 fully saturated rings. The Morgan fingerprint density at radius 1 is 0.950 bits per heavy atom. The molecule has 2 aliphatic heterocycles. The minimum Gasteiger partial charge on any atom is -0.377 e. The van der Waals surface area contributed by atoms with Gasteiger partial charge < -0.3 is 10.2 Å². The standard InChI is InChI=1S/C29H27ClN4O5S/c30-26-24(40-23-9-2-1-8-22(23)34(38)39)16-21-25(26)19-6-5-7-20(29(35)32-14-3-4-15-32)28(19)31-27(21)17-10-12-18(13-11-17)33(36)37/h1-2,5-13,21,24-27,31H,3-4,14-16H2/t21-,24+,25-,26+,27-/m0/s1. The van der Waals surface area contributed by atoms with Crippen molar-refractivity contribution in [3.05, 3.63) is 104 Å². The van der Waals surface area contributed by atoms with Crippen LogP contribution in [0.2, 0.25) is 0 Å². The number of hydrogen-bond acceptors (Lipinski definition) is 7. The fraction of sp³-hybridized carbons (Fsp3) is 0.345. The molecule has 6 rings (SSSR count). The van der Waals surface area contributed by atoms with Gasteiger partial charge in [0.1, 0.15) is 0 Å². The molecule has 2 heterocycles. The molecular formula is C29H27ClN4O5S. The summed E-state index contributed by atoms with van der Waals surface area (Å²) in [6, 6.07) is 18.7. The van der Waals surface area contributed by atoms with Crippen molar-refractivity contribution in [2.45, 2.75) is 46.7 Å². The first-order chi connectivity index (χ1) is 19.3. The lowest BCUT2D eigenvalue weighted by molar-refractivity contribution is -0.387. The minimum atomic E-state index is -0.424. The van der Waals surface area contributed by atoms with Gasteiger partial charge in [0.25, 0.3) is 17.3 Å². The van der Waals surface area contributed by atoms with Gasteiger partial charge in [0.2, 0.25) is 0 Å². The summed E-state index contributed by atoms with van der Waals surface area (Å²) in [4.78, 5) is 38.2. The Morgan fingerprint density at radius 3 is 2.38 bits per heavy atom. The number of non-ortho nitro benzene ring substituents is 1. The maximum Gasteiger partial charge on any atom is 0.282 e. The van der Waals surface area contributed by atoms with Gasteiger partial charge >= 0.3 is 0 Å². The SMILES string of the molecule is O=C(c1cccc2c1N[C@@H](c1ccc([N+](=O)[O-])cc1)[C@H]1C[C@@H](Sc3ccccc3[N+](=O)[O-])[C@@H](Cl)[C@@H]21)N1CCCC1. The number of nitrogens with zero attached hydrogens (tertiary/aromatic N) is 3. The van der Waals surface area contributed by atoms with E-state index in [1.54, 1.807) is 30.3 Å². The Balaban J connectivity index is 1.41.